The van der Waals surface area contributed by atoms with E-state index in [1.165, 1.54) is 134 Å². The van der Waals surface area contributed by atoms with Crippen molar-refractivity contribution in [2.75, 3.05) is 0 Å². The van der Waals surface area contributed by atoms with Crippen molar-refractivity contribution in [3.63, 3.8) is 0 Å². The molecule has 1 aliphatic carbocycles. The van der Waals surface area contributed by atoms with Crippen LogP contribution in [0, 0.1) is 96.9 Å². The maximum atomic E-state index is 5.65. The number of rotatable bonds is 7. The summed E-state index contributed by atoms with van der Waals surface area (Å²) in [5, 5.41) is 8.64. The van der Waals surface area contributed by atoms with Gasteiger partial charge in [-0.25, -0.2) is 0 Å². The first-order chi connectivity index (χ1) is 29.7. The molecule has 0 aliphatic heterocycles. The Kier molecular flexibility index (Phi) is 18.5. The van der Waals surface area contributed by atoms with Crippen molar-refractivity contribution in [3.05, 3.63) is 163 Å². The monoisotopic (exact) mass is 1000 g/mol. The maximum absolute atomic E-state index is 5.65. The molecule has 0 heterocycles. The zero-order valence-corrected chi connectivity index (χ0v) is 45.3. The number of aryl methyl sites for hydroxylation is 10. The van der Waals surface area contributed by atoms with Crippen LogP contribution in [0.25, 0.3) is 11.1 Å². The van der Waals surface area contributed by atoms with Crippen molar-refractivity contribution in [3.8, 4) is 11.1 Å². The molecule has 2 nitrogen and oxygen atoms in total. The molecule has 336 valence electrons. The molecule has 0 spiro atoms. The summed E-state index contributed by atoms with van der Waals surface area (Å²) in [6.07, 6.45) is 4.80. The fourth-order valence-electron chi connectivity index (χ4n) is 9.47. The van der Waals surface area contributed by atoms with E-state index in [9.17, 15) is 0 Å². The van der Waals surface area contributed by atoms with E-state index in [0.29, 0.717) is 0 Å². The van der Waals surface area contributed by atoms with Crippen LogP contribution in [0.5, 0.6) is 0 Å². The molecule has 7 rings (SSSR count). The first-order valence-corrected chi connectivity index (χ1v) is 29.4. The average Bonchev–Trinajstić information content (AvgIpc) is 3.17. The summed E-state index contributed by atoms with van der Waals surface area (Å²) in [4.78, 5) is 0. The fourth-order valence-corrected chi connectivity index (χ4v) is 15.5. The van der Waals surface area contributed by atoms with E-state index in [1.54, 1.807) is 0 Å². The van der Waals surface area contributed by atoms with Gasteiger partial charge < -0.3 is 11.5 Å². The molecule has 0 unspecified atom stereocenters. The van der Waals surface area contributed by atoms with Gasteiger partial charge in [-0.1, -0.05) is 142 Å². The number of nitrogens with two attached hydrogens (primary N) is 2. The van der Waals surface area contributed by atoms with Crippen LogP contribution in [-0.2, 0) is 15.1 Å². The molecule has 6 aromatic carbocycles. The zero-order valence-electron chi connectivity index (χ0n) is 40.2. The molecule has 0 radical (unpaired) electrons. The van der Waals surface area contributed by atoms with Crippen LogP contribution < -0.4 is 43.3 Å². The van der Waals surface area contributed by atoms with Crippen LogP contribution in [0.1, 0.15) is 104 Å². The van der Waals surface area contributed by atoms with Crippen molar-refractivity contribution in [1.29, 1.82) is 0 Å². The molecule has 1 saturated carbocycles. The summed E-state index contributed by atoms with van der Waals surface area (Å²) in [6, 6.07) is 34.6. The van der Waals surface area contributed by atoms with Gasteiger partial charge in [-0.15, -0.1) is 0 Å². The number of hydrogen-bond acceptors (Lipinski definition) is 2. The molecule has 63 heavy (non-hydrogen) atoms. The van der Waals surface area contributed by atoms with Crippen LogP contribution in [0.15, 0.2) is 84.9 Å². The third-order valence-electron chi connectivity index (χ3n) is 12.7. The predicted octanol–water partition coefficient (Wildman–Crippen LogP) is 12.8. The summed E-state index contributed by atoms with van der Waals surface area (Å²) in [5.41, 5.74) is 33.1. The van der Waals surface area contributed by atoms with Gasteiger partial charge in [-0.05, 0) is 202 Å². The Balaban J connectivity index is 0.000000599. The van der Waals surface area contributed by atoms with Crippen LogP contribution in [0.3, 0.4) is 0 Å². The van der Waals surface area contributed by atoms with Gasteiger partial charge in [0.1, 0.15) is 0 Å². The Labute approximate surface area is 399 Å². The number of benzene rings is 6. The van der Waals surface area contributed by atoms with Gasteiger partial charge in [0.15, 0.2) is 0 Å². The Morgan fingerprint density at radius 3 is 0.810 bits per heavy atom. The standard InChI is InChI=1S/C50H56P2.C6H14N2.2ClH.Ru/c1-29-15-30(2)20-43(19-29)51(44-21-31(3)16-32(4)22-44)47-27-37(9)39(11)41(13)49(47)50-42(14)40(12)38(10)28-48(50)52(45-23-33(5)17-34(6)24-45)46-25-35(7)18-36(8)26-46;7-5-3-1-2-4-6(5)8;;;/h15-28H,1-14H3;5-6H,1-4,7-8H2;2*1H;/q;;;;+2/p-2/t;5-,6-;;;/m.0.../s1. The van der Waals surface area contributed by atoms with E-state index in [0.717, 1.165) is 12.8 Å². The van der Waals surface area contributed by atoms with Gasteiger partial charge in [-0.3, -0.25) is 0 Å². The second-order valence-electron chi connectivity index (χ2n) is 18.4. The van der Waals surface area contributed by atoms with E-state index < -0.39 is 15.8 Å². The summed E-state index contributed by atoms with van der Waals surface area (Å²) >= 11 is -0.346. The van der Waals surface area contributed by atoms with Gasteiger partial charge in [0.25, 0.3) is 0 Å². The minimum absolute atomic E-state index is 0.281. The molecule has 7 heteroatoms. The number of halogens is 2. The van der Waals surface area contributed by atoms with E-state index >= 15 is 0 Å². The van der Waals surface area contributed by atoms with Gasteiger partial charge in [0.05, 0.1) is 0 Å². The Morgan fingerprint density at radius 2 is 0.603 bits per heavy atom. The second-order valence-corrected chi connectivity index (χ2v) is 25.4. The van der Waals surface area contributed by atoms with E-state index in [-0.39, 0.29) is 27.2 Å². The van der Waals surface area contributed by atoms with Crippen LogP contribution >= 0.6 is 35.2 Å². The molecule has 0 saturated heterocycles. The second kappa shape index (κ2) is 22.7. The van der Waals surface area contributed by atoms with E-state index in [2.05, 4.69) is 182 Å². The summed E-state index contributed by atoms with van der Waals surface area (Å²) in [7, 11) is 7.94. The summed E-state index contributed by atoms with van der Waals surface area (Å²) in [6.45, 7) is 32.1. The molecule has 1 fully saturated rings. The van der Waals surface area contributed by atoms with Crippen molar-refractivity contribution in [2.45, 2.75) is 135 Å². The minimum atomic E-state index is -0.883. The third kappa shape index (κ3) is 12.6. The topological polar surface area (TPSA) is 52.0 Å². The molecule has 2 atom stereocenters. The predicted molar refractivity (Wildman–Crippen MR) is 282 cm³/mol. The molecule has 0 amide bonds. The Bertz CT molecular complexity index is 2220. The SMILES string of the molecule is Cc1cc(C)cc(P(c2cc(C)cc(C)c2)c2cc(C)c(C)c(C)c2-c2c(P(c3cc(C)cc(C)c3)c3cc(C)cc(C)c3)cc(C)c(C)c2C)c1.N[C@H]1CCCC[C@@H]1N.[Cl][Ru][Cl]. The molecule has 6 aromatic rings. The van der Waals surface area contributed by atoms with Gasteiger partial charge in [0.2, 0.25) is 0 Å². The van der Waals surface area contributed by atoms with Crippen molar-refractivity contribution < 1.29 is 15.1 Å². The molecular weight excluding hydrogens is 935 g/mol. The van der Waals surface area contributed by atoms with E-state index in [1.807, 2.05) is 0 Å². The van der Waals surface area contributed by atoms with Crippen LogP contribution in [0.4, 0.5) is 0 Å². The molecule has 0 aromatic heterocycles. The Morgan fingerprint density at radius 1 is 0.381 bits per heavy atom. The van der Waals surface area contributed by atoms with Crippen molar-refractivity contribution in [2.24, 2.45) is 11.5 Å². The normalized spacial score (nSPS) is 15.0. The fraction of sp³-hybridized carbons (Fsp3) is 0.357. The third-order valence-corrected chi connectivity index (χ3v) is 17.5. The molecule has 4 N–H and O–H groups in total. The zero-order chi connectivity index (χ0) is 46.4. The van der Waals surface area contributed by atoms with E-state index in [4.69, 9.17) is 30.8 Å². The molecular formula is C56H70Cl2N2P2Ru. The quantitative estimate of drug-likeness (QED) is 0.124. The van der Waals surface area contributed by atoms with Gasteiger partial charge >= 0.3 is 34.5 Å². The van der Waals surface area contributed by atoms with Crippen molar-refractivity contribution >= 4 is 67.1 Å². The summed E-state index contributed by atoms with van der Waals surface area (Å²) < 4.78 is 0. The van der Waals surface area contributed by atoms with Gasteiger partial charge in [-0.2, -0.15) is 0 Å². The number of hydrogen-bond donors (Lipinski definition) is 2. The van der Waals surface area contributed by atoms with Crippen LogP contribution in [-0.4, -0.2) is 12.1 Å². The molecule has 1 aliphatic rings. The van der Waals surface area contributed by atoms with Crippen LogP contribution in [0.2, 0.25) is 0 Å². The Hall–Kier alpha value is -2.70. The summed E-state index contributed by atoms with van der Waals surface area (Å²) in [5.74, 6) is 0. The average molecular weight is 1010 g/mol. The van der Waals surface area contributed by atoms with Gasteiger partial charge in [0, 0.05) is 12.1 Å². The molecule has 0 bridgehead atoms. The first-order valence-electron chi connectivity index (χ1n) is 22.3. The first kappa shape index (κ1) is 51.3. The van der Waals surface area contributed by atoms with Crippen molar-refractivity contribution in [1.82, 2.24) is 0 Å².